The summed E-state index contributed by atoms with van der Waals surface area (Å²) in [7, 11) is 3.41. The summed E-state index contributed by atoms with van der Waals surface area (Å²) in [5, 5.41) is 1.53. The minimum Gasteiger partial charge on any atom is -0.285 e. The lowest BCUT2D eigenvalue weighted by atomic mass is 10.2. The zero-order valence-corrected chi connectivity index (χ0v) is 9.43. The van der Waals surface area contributed by atoms with Crippen LogP contribution in [0.2, 0.25) is 0 Å². The van der Waals surface area contributed by atoms with Crippen molar-refractivity contribution in [3.8, 4) is 0 Å². The highest BCUT2D eigenvalue weighted by molar-refractivity contribution is 9.10. The number of rotatable bonds is 2. The van der Waals surface area contributed by atoms with Gasteiger partial charge in [-0.15, -0.1) is 0 Å². The van der Waals surface area contributed by atoms with Crippen LogP contribution < -0.4 is 5.43 Å². The number of hydrogen-bond acceptors (Lipinski definition) is 2. The Labute approximate surface area is 90.0 Å². The molecule has 1 aromatic carbocycles. The summed E-state index contributed by atoms with van der Waals surface area (Å²) < 4.78 is 13.1. The van der Waals surface area contributed by atoms with Gasteiger partial charge in [-0.25, -0.2) is 9.40 Å². The zero-order chi connectivity index (χ0) is 10.7. The van der Waals surface area contributed by atoms with Gasteiger partial charge in [0, 0.05) is 19.7 Å². The van der Waals surface area contributed by atoms with Gasteiger partial charge < -0.3 is 0 Å². The summed E-state index contributed by atoms with van der Waals surface area (Å²) >= 11 is 3.01. The third kappa shape index (κ3) is 2.78. The van der Waals surface area contributed by atoms with E-state index in [0.717, 1.165) is 0 Å². The van der Waals surface area contributed by atoms with Crippen LogP contribution in [0.3, 0.4) is 0 Å². The van der Waals surface area contributed by atoms with Gasteiger partial charge >= 0.3 is 0 Å². The average Bonchev–Trinajstić information content (AvgIpc) is 2.08. The molecule has 0 spiro atoms. The molecular formula is C9H10BrFN2O. The summed E-state index contributed by atoms with van der Waals surface area (Å²) in [5.74, 6) is -0.651. The Hall–Kier alpha value is -0.940. The lowest BCUT2D eigenvalue weighted by Crippen LogP contribution is -2.36. The van der Waals surface area contributed by atoms with Crippen LogP contribution in [0.4, 0.5) is 4.39 Å². The number of nitrogens with zero attached hydrogens (tertiary/aromatic N) is 1. The van der Waals surface area contributed by atoms with Crippen LogP contribution in [0.25, 0.3) is 0 Å². The first-order valence-electron chi connectivity index (χ1n) is 3.94. The van der Waals surface area contributed by atoms with Crippen molar-refractivity contribution < 1.29 is 9.18 Å². The summed E-state index contributed by atoms with van der Waals surface area (Å²) in [5.41, 5.74) is 2.97. The van der Waals surface area contributed by atoms with Crippen molar-refractivity contribution in [3.63, 3.8) is 0 Å². The van der Waals surface area contributed by atoms with E-state index in [1.54, 1.807) is 14.1 Å². The molecule has 0 fully saturated rings. The topological polar surface area (TPSA) is 32.3 Å². The Bertz CT molecular complexity index is 355. The number of hydrogen-bond donors (Lipinski definition) is 1. The van der Waals surface area contributed by atoms with Gasteiger partial charge in [0.2, 0.25) is 0 Å². The molecule has 5 heteroatoms. The molecule has 0 aromatic heterocycles. The van der Waals surface area contributed by atoms with E-state index in [1.807, 2.05) is 0 Å². The van der Waals surface area contributed by atoms with Crippen molar-refractivity contribution in [2.75, 3.05) is 14.1 Å². The Morgan fingerprint density at radius 2 is 2.14 bits per heavy atom. The molecule has 0 saturated heterocycles. The molecule has 0 saturated carbocycles. The normalized spacial score (nSPS) is 10.4. The number of carbonyl (C=O) groups excluding carboxylic acids is 1. The largest absolute Gasteiger partial charge is 0.285 e. The maximum absolute atomic E-state index is 12.8. The van der Waals surface area contributed by atoms with E-state index in [0.29, 0.717) is 5.56 Å². The molecule has 0 bridgehead atoms. The van der Waals surface area contributed by atoms with Gasteiger partial charge in [-0.05, 0) is 34.1 Å². The Morgan fingerprint density at radius 1 is 1.50 bits per heavy atom. The van der Waals surface area contributed by atoms with Crippen molar-refractivity contribution in [1.82, 2.24) is 10.4 Å². The zero-order valence-electron chi connectivity index (χ0n) is 7.84. The highest BCUT2D eigenvalue weighted by Crippen LogP contribution is 2.16. The van der Waals surface area contributed by atoms with Crippen LogP contribution >= 0.6 is 15.9 Å². The lowest BCUT2D eigenvalue weighted by molar-refractivity contribution is 0.0857. The molecule has 1 amide bonds. The molecule has 14 heavy (non-hydrogen) atoms. The smallest absolute Gasteiger partial charge is 0.265 e. The van der Waals surface area contributed by atoms with Gasteiger partial charge in [-0.1, -0.05) is 0 Å². The molecule has 3 nitrogen and oxygen atoms in total. The third-order valence-electron chi connectivity index (χ3n) is 1.51. The molecule has 0 aliphatic heterocycles. The van der Waals surface area contributed by atoms with E-state index in [9.17, 15) is 9.18 Å². The van der Waals surface area contributed by atoms with E-state index in [4.69, 9.17) is 0 Å². The van der Waals surface area contributed by atoms with Crippen LogP contribution in [0.1, 0.15) is 10.4 Å². The fraction of sp³-hybridized carbons (Fsp3) is 0.222. The third-order valence-corrected chi connectivity index (χ3v) is 2.11. The first-order valence-corrected chi connectivity index (χ1v) is 4.73. The van der Waals surface area contributed by atoms with Crippen LogP contribution in [0.15, 0.2) is 22.7 Å². The SMILES string of the molecule is CN(C)NC(=O)c1ccc(F)c(Br)c1. The molecule has 0 aliphatic rings. The Morgan fingerprint density at radius 3 is 2.64 bits per heavy atom. The molecule has 0 aliphatic carbocycles. The van der Waals surface area contributed by atoms with Crippen LogP contribution in [-0.2, 0) is 0 Å². The van der Waals surface area contributed by atoms with E-state index in [2.05, 4.69) is 21.4 Å². The molecule has 1 rings (SSSR count). The maximum atomic E-state index is 12.8. The predicted octanol–water partition coefficient (Wildman–Crippen LogP) is 1.79. The van der Waals surface area contributed by atoms with E-state index < -0.39 is 0 Å². The van der Waals surface area contributed by atoms with Crippen LogP contribution in [0, 0.1) is 5.82 Å². The number of hydrazine groups is 1. The fourth-order valence-electron chi connectivity index (χ4n) is 0.905. The van der Waals surface area contributed by atoms with Crippen molar-refractivity contribution in [1.29, 1.82) is 0 Å². The molecule has 1 aromatic rings. The highest BCUT2D eigenvalue weighted by atomic mass is 79.9. The number of nitrogens with one attached hydrogen (secondary N) is 1. The van der Waals surface area contributed by atoms with Gasteiger partial charge in [0.05, 0.1) is 4.47 Å². The van der Waals surface area contributed by atoms with Crippen molar-refractivity contribution in [3.05, 3.63) is 34.1 Å². The van der Waals surface area contributed by atoms with Crippen molar-refractivity contribution >= 4 is 21.8 Å². The van der Waals surface area contributed by atoms with Crippen LogP contribution in [0.5, 0.6) is 0 Å². The fourth-order valence-corrected chi connectivity index (χ4v) is 1.28. The minimum absolute atomic E-state index is 0.268. The molecule has 0 atom stereocenters. The molecule has 0 unspecified atom stereocenters. The quantitative estimate of drug-likeness (QED) is 0.823. The summed E-state index contributed by atoms with van der Waals surface area (Å²) in [6, 6.07) is 4.11. The van der Waals surface area contributed by atoms with E-state index in [-0.39, 0.29) is 16.2 Å². The van der Waals surface area contributed by atoms with Crippen molar-refractivity contribution in [2.24, 2.45) is 0 Å². The van der Waals surface area contributed by atoms with E-state index >= 15 is 0 Å². The van der Waals surface area contributed by atoms with Crippen LogP contribution in [-0.4, -0.2) is 25.0 Å². The van der Waals surface area contributed by atoms with Gasteiger partial charge in [-0.2, -0.15) is 0 Å². The first kappa shape index (κ1) is 11.1. The number of amides is 1. The molecule has 1 N–H and O–H groups in total. The number of halogens is 2. The van der Waals surface area contributed by atoms with Gasteiger partial charge in [0.15, 0.2) is 0 Å². The summed E-state index contributed by atoms with van der Waals surface area (Å²) in [4.78, 5) is 11.4. The van der Waals surface area contributed by atoms with Gasteiger partial charge in [-0.3, -0.25) is 10.2 Å². The Balaban J connectivity index is 2.86. The minimum atomic E-state index is -0.383. The number of benzene rings is 1. The second kappa shape index (κ2) is 4.52. The lowest BCUT2D eigenvalue weighted by Gasteiger charge is -2.11. The number of carbonyl (C=O) groups is 1. The molecule has 0 heterocycles. The maximum Gasteiger partial charge on any atom is 0.265 e. The van der Waals surface area contributed by atoms with E-state index in [1.165, 1.54) is 23.2 Å². The van der Waals surface area contributed by atoms with Gasteiger partial charge in [0.25, 0.3) is 5.91 Å². The average molecular weight is 261 g/mol. The molecular weight excluding hydrogens is 251 g/mol. The second-order valence-corrected chi connectivity index (χ2v) is 3.82. The highest BCUT2D eigenvalue weighted by Gasteiger charge is 2.08. The molecule has 76 valence electrons. The summed E-state index contributed by atoms with van der Waals surface area (Å²) in [6.07, 6.45) is 0. The van der Waals surface area contributed by atoms with Gasteiger partial charge in [0.1, 0.15) is 5.82 Å². The monoisotopic (exact) mass is 260 g/mol. The Kier molecular flexibility index (Phi) is 3.60. The van der Waals surface area contributed by atoms with Crippen molar-refractivity contribution in [2.45, 2.75) is 0 Å². The summed E-state index contributed by atoms with van der Waals surface area (Å²) in [6.45, 7) is 0. The first-order chi connectivity index (χ1) is 6.50. The second-order valence-electron chi connectivity index (χ2n) is 2.96. The predicted molar refractivity (Wildman–Crippen MR) is 55.3 cm³/mol. The standard InChI is InChI=1S/C9H10BrFN2O/c1-13(2)12-9(14)6-3-4-8(11)7(10)5-6/h3-5H,1-2H3,(H,12,14). The molecule has 0 radical (unpaired) electrons.